The standard InChI is InChI=1S/C15H19BrN2O/c1-11(18)8-12-2-3-14(13(16)9-12)19-10-15(4-5-15)6-7-17/h2-3,9,11H,4-6,8,10,18H2,1H3. The number of ether oxygens (including phenoxy) is 1. The Morgan fingerprint density at radius 1 is 1.53 bits per heavy atom. The van der Waals surface area contributed by atoms with Gasteiger partial charge in [-0.25, -0.2) is 0 Å². The molecule has 1 aromatic carbocycles. The predicted molar refractivity (Wildman–Crippen MR) is 78.9 cm³/mol. The van der Waals surface area contributed by atoms with E-state index in [1.807, 2.05) is 19.1 Å². The Morgan fingerprint density at radius 3 is 2.79 bits per heavy atom. The van der Waals surface area contributed by atoms with E-state index in [1.54, 1.807) is 0 Å². The molecule has 0 radical (unpaired) electrons. The SMILES string of the molecule is CC(N)Cc1ccc(OCC2(CC#N)CC2)c(Br)c1. The zero-order chi connectivity index (χ0) is 13.9. The molecule has 1 aliphatic carbocycles. The van der Waals surface area contributed by atoms with E-state index in [2.05, 4.69) is 28.1 Å². The van der Waals surface area contributed by atoms with E-state index in [4.69, 9.17) is 15.7 Å². The molecule has 1 saturated carbocycles. The Balaban J connectivity index is 1.96. The van der Waals surface area contributed by atoms with Crippen molar-refractivity contribution in [2.24, 2.45) is 11.1 Å². The molecule has 4 heteroatoms. The molecule has 2 N–H and O–H groups in total. The molecule has 0 bridgehead atoms. The highest BCUT2D eigenvalue weighted by Gasteiger charge is 2.43. The van der Waals surface area contributed by atoms with Crippen LogP contribution in [0.2, 0.25) is 0 Å². The fourth-order valence-electron chi connectivity index (χ4n) is 2.11. The van der Waals surface area contributed by atoms with Gasteiger partial charge in [0.1, 0.15) is 5.75 Å². The number of rotatable bonds is 6. The highest BCUT2D eigenvalue weighted by Crippen LogP contribution is 2.49. The summed E-state index contributed by atoms with van der Waals surface area (Å²) in [6.45, 7) is 2.63. The topological polar surface area (TPSA) is 59.0 Å². The van der Waals surface area contributed by atoms with Crippen LogP contribution in [0, 0.1) is 16.7 Å². The van der Waals surface area contributed by atoms with Crippen molar-refractivity contribution < 1.29 is 4.74 Å². The molecule has 1 aromatic rings. The highest BCUT2D eigenvalue weighted by molar-refractivity contribution is 9.10. The van der Waals surface area contributed by atoms with E-state index in [-0.39, 0.29) is 11.5 Å². The molecule has 19 heavy (non-hydrogen) atoms. The molecule has 1 atom stereocenters. The number of hydrogen-bond acceptors (Lipinski definition) is 3. The van der Waals surface area contributed by atoms with Crippen molar-refractivity contribution >= 4 is 15.9 Å². The fraction of sp³-hybridized carbons (Fsp3) is 0.533. The zero-order valence-corrected chi connectivity index (χ0v) is 12.7. The monoisotopic (exact) mass is 322 g/mol. The second kappa shape index (κ2) is 5.94. The molecule has 0 amide bonds. The largest absolute Gasteiger partial charge is 0.492 e. The van der Waals surface area contributed by atoms with E-state index >= 15 is 0 Å². The number of nitrogens with zero attached hydrogens (tertiary/aromatic N) is 1. The minimum Gasteiger partial charge on any atom is -0.492 e. The number of nitriles is 1. The molecule has 1 fully saturated rings. The number of nitrogens with two attached hydrogens (primary N) is 1. The van der Waals surface area contributed by atoms with Crippen molar-refractivity contribution in [1.82, 2.24) is 0 Å². The summed E-state index contributed by atoms with van der Waals surface area (Å²) in [5.74, 6) is 0.845. The molecule has 0 heterocycles. The lowest BCUT2D eigenvalue weighted by Gasteiger charge is -2.15. The van der Waals surface area contributed by atoms with Crippen molar-refractivity contribution in [3.05, 3.63) is 28.2 Å². The van der Waals surface area contributed by atoms with Gasteiger partial charge in [-0.2, -0.15) is 5.26 Å². The van der Waals surface area contributed by atoms with E-state index in [0.29, 0.717) is 13.0 Å². The minimum atomic E-state index is 0.110. The Bertz CT molecular complexity index is 489. The first-order valence-electron chi connectivity index (χ1n) is 6.58. The molecule has 102 valence electrons. The normalized spacial score (nSPS) is 17.6. The van der Waals surface area contributed by atoms with Crippen LogP contribution < -0.4 is 10.5 Å². The van der Waals surface area contributed by atoms with Crippen LogP contribution in [0.3, 0.4) is 0 Å². The average molecular weight is 323 g/mol. The lowest BCUT2D eigenvalue weighted by molar-refractivity contribution is 0.235. The van der Waals surface area contributed by atoms with E-state index in [1.165, 1.54) is 5.56 Å². The molecule has 2 rings (SSSR count). The number of benzene rings is 1. The van der Waals surface area contributed by atoms with Crippen LogP contribution in [-0.2, 0) is 6.42 Å². The molecule has 0 aromatic heterocycles. The van der Waals surface area contributed by atoms with Gasteiger partial charge in [0.2, 0.25) is 0 Å². The maximum Gasteiger partial charge on any atom is 0.133 e. The summed E-state index contributed by atoms with van der Waals surface area (Å²) in [7, 11) is 0. The molecule has 3 nitrogen and oxygen atoms in total. The van der Waals surface area contributed by atoms with Gasteiger partial charge >= 0.3 is 0 Å². The van der Waals surface area contributed by atoms with Gasteiger partial charge in [0.05, 0.1) is 17.1 Å². The van der Waals surface area contributed by atoms with Crippen LogP contribution in [0.5, 0.6) is 5.75 Å². The summed E-state index contributed by atoms with van der Waals surface area (Å²) in [4.78, 5) is 0. The summed E-state index contributed by atoms with van der Waals surface area (Å²) in [6, 6.07) is 8.49. The van der Waals surface area contributed by atoms with Gasteiger partial charge in [0.15, 0.2) is 0 Å². The van der Waals surface area contributed by atoms with Gasteiger partial charge in [-0.05, 0) is 59.8 Å². The van der Waals surface area contributed by atoms with Gasteiger partial charge in [-0.1, -0.05) is 6.07 Å². The molecular formula is C15H19BrN2O. The van der Waals surface area contributed by atoms with Gasteiger partial charge in [-0.3, -0.25) is 0 Å². The van der Waals surface area contributed by atoms with E-state index in [0.717, 1.165) is 29.5 Å². The quantitative estimate of drug-likeness (QED) is 0.873. The van der Waals surface area contributed by atoms with Crippen LogP contribution in [0.15, 0.2) is 22.7 Å². The Hall–Kier alpha value is -1.05. The maximum absolute atomic E-state index is 8.79. The Kier molecular flexibility index (Phi) is 4.49. The lowest BCUT2D eigenvalue weighted by atomic mass is 10.1. The van der Waals surface area contributed by atoms with Crippen molar-refractivity contribution in [2.45, 2.75) is 38.6 Å². The predicted octanol–water partition coefficient (Wildman–Crippen LogP) is 3.41. The second-order valence-electron chi connectivity index (χ2n) is 5.57. The lowest BCUT2D eigenvalue weighted by Crippen LogP contribution is -2.17. The molecule has 1 aliphatic rings. The van der Waals surface area contributed by atoms with Crippen molar-refractivity contribution in [2.75, 3.05) is 6.61 Å². The average Bonchev–Trinajstić information content (AvgIpc) is 3.08. The zero-order valence-electron chi connectivity index (χ0n) is 11.2. The van der Waals surface area contributed by atoms with Crippen molar-refractivity contribution in [3.63, 3.8) is 0 Å². The second-order valence-corrected chi connectivity index (χ2v) is 6.42. The van der Waals surface area contributed by atoms with Crippen LogP contribution in [0.1, 0.15) is 31.7 Å². The molecule has 0 saturated heterocycles. The summed E-state index contributed by atoms with van der Waals surface area (Å²) >= 11 is 3.53. The van der Waals surface area contributed by atoms with Crippen molar-refractivity contribution in [3.8, 4) is 11.8 Å². The smallest absolute Gasteiger partial charge is 0.133 e. The first-order valence-corrected chi connectivity index (χ1v) is 7.38. The summed E-state index contributed by atoms with van der Waals surface area (Å²) in [5, 5.41) is 8.79. The number of halogens is 1. The van der Waals surface area contributed by atoms with Crippen LogP contribution in [0.4, 0.5) is 0 Å². The molecule has 1 unspecified atom stereocenters. The van der Waals surface area contributed by atoms with E-state index in [9.17, 15) is 0 Å². The fourth-order valence-corrected chi connectivity index (χ4v) is 2.65. The van der Waals surface area contributed by atoms with E-state index < -0.39 is 0 Å². The van der Waals surface area contributed by atoms with Crippen LogP contribution in [0.25, 0.3) is 0 Å². The first kappa shape index (κ1) is 14.4. The molecule has 0 spiro atoms. The summed E-state index contributed by atoms with van der Waals surface area (Å²) in [6.07, 6.45) is 3.65. The molecule has 0 aliphatic heterocycles. The highest BCUT2D eigenvalue weighted by atomic mass is 79.9. The van der Waals surface area contributed by atoms with Crippen LogP contribution >= 0.6 is 15.9 Å². The minimum absolute atomic E-state index is 0.110. The van der Waals surface area contributed by atoms with Gasteiger partial charge in [0, 0.05) is 17.9 Å². The Labute approximate surface area is 122 Å². The van der Waals surface area contributed by atoms with Crippen molar-refractivity contribution in [1.29, 1.82) is 5.26 Å². The summed E-state index contributed by atoms with van der Waals surface area (Å²) in [5.41, 5.74) is 7.10. The van der Waals surface area contributed by atoms with Gasteiger partial charge in [0.25, 0.3) is 0 Å². The Morgan fingerprint density at radius 2 is 2.26 bits per heavy atom. The third-order valence-electron chi connectivity index (χ3n) is 3.50. The molecular weight excluding hydrogens is 304 g/mol. The first-order chi connectivity index (χ1) is 9.04. The third kappa shape index (κ3) is 3.95. The van der Waals surface area contributed by atoms with Crippen LogP contribution in [-0.4, -0.2) is 12.6 Å². The summed E-state index contributed by atoms with van der Waals surface area (Å²) < 4.78 is 6.80. The van der Waals surface area contributed by atoms with Gasteiger partial charge in [-0.15, -0.1) is 0 Å². The maximum atomic E-state index is 8.79. The van der Waals surface area contributed by atoms with Gasteiger partial charge < -0.3 is 10.5 Å². The number of hydrogen-bond donors (Lipinski definition) is 1. The third-order valence-corrected chi connectivity index (χ3v) is 4.12.